The lowest BCUT2D eigenvalue weighted by Crippen LogP contribution is -2.19. The number of aromatic nitrogens is 1. The fourth-order valence-electron chi connectivity index (χ4n) is 3.38. The second kappa shape index (κ2) is 7.67. The van der Waals surface area contributed by atoms with E-state index < -0.39 is 6.03 Å². The smallest absolute Gasteiger partial charge is 0.316 e. The van der Waals surface area contributed by atoms with Crippen molar-refractivity contribution < 1.29 is 19.1 Å². The van der Waals surface area contributed by atoms with Gasteiger partial charge >= 0.3 is 6.03 Å². The fraction of sp³-hybridized carbons (Fsp3) is 0.0909. The van der Waals surface area contributed by atoms with Crippen LogP contribution in [0.25, 0.3) is 22.8 Å². The van der Waals surface area contributed by atoms with E-state index in [0.717, 1.165) is 16.8 Å². The summed E-state index contributed by atoms with van der Waals surface area (Å²) in [6.45, 7) is 0. The molecule has 0 radical (unpaired) electrons. The van der Waals surface area contributed by atoms with Gasteiger partial charge in [-0.1, -0.05) is 6.07 Å². The molecule has 5 N–H and O–H groups in total. The van der Waals surface area contributed by atoms with E-state index in [4.69, 9.17) is 15.2 Å². The molecule has 1 aromatic heterocycles. The van der Waals surface area contributed by atoms with Crippen molar-refractivity contribution in [3.8, 4) is 22.6 Å². The number of ether oxygens (including phenoxy) is 2. The number of H-pyrrole nitrogens is 1. The molecule has 0 atom stereocenters. The fourth-order valence-corrected chi connectivity index (χ4v) is 3.38. The molecule has 152 valence electrons. The number of carbonyl (C=O) groups is 2. The van der Waals surface area contributed by atoms with Crippen LogP contribution in [0, 0.1) is 0 Å². The highest BCUT2D eigenvalue weighted by Gasteiger charge is 2.24. The molecule has 4 rings (SSSR count). The average molecular weight is 404 g/mol. The lowest BCUT2D eigenvalue weighted by atomic mass is 10.0. The normalized spacial score (nSPS) is 13.7. The summed E-state index contributed by atoms with van der Waals surface area (Å²) in [6.07, 6.45) is 3.62. The Morgan fingerprint density at radius 3 is 2.57 bits per heavy atom. The molecule has 30 heavy (non-hydrogen) atoms. The lowest BCUT2D eigenvalue weighted by molar-refractivity contribution is -0.110. The van der Waals surface area contributed by atoms with Gasteiger partial charge in [0.15, 0.2) is 11.5 Å². The molecule has 0 saturated carbocycles. The van der Waals surface area contributed by atoms with Gasteiger partial charge in [0.1, 0.15) is 0 Å². The maximum absolute atomic E-state index is 12.5. The van der Waals surface area contributed by atoms with Crippen molar-refractivity contribution in [1.29, 1.82) is 0 Å². The average Bonchev–Trinajstić information content (AvgIpc) is 3.32. The Morgan fingerprint density at radius 2 is 1.83 bits per heavy atom. The number of anilines is 2. The Kier molecular flexibility index (Phi) is 4.89. The Labute approximate surface area is 172 Å². The van der Waals surface area contributed by atoms with Crippen LogP contribution in [0.15, 0.2) is 48.7 Å². The summed E-state index contributed by atoms with van der Waals surface area (Å²) in [6, 6.07) is 12.0. The highest BCUT2D eigenvalue weighted by Crippen LogP contribution is 2.36. The summed E-state index contributed by atoms with van der Waals surface area (Å²) >= 11 is 0. The van der Waals surface area contributed by atoms with Crippen molar-refractivity contribution in [2.75, 3.05) is 24.9 Å². The number of hydrogen-bond acceptors (Lipinski definition) is 4. The van der Waals surface area contributed by atoms with Crippen molar-refractivity contribution in [2.24, 2.45) is 5.73 Å². The number of carbonyl (C=O) groups excluding carboxylic acids is 2. The van der Waals surface area contributed by atoms with Gasteiger partial charge in [0.25, 0.3) is 5.91 Å². The number of urea groups is 1. The number of rotatable bonds is 5. The van der Waals surface area contributed by atoms with Gasteiger partial charge in [-0.05, 0) is 53.6 Å². The molecule has 0 bridgehead atoms. The first kappa shape index (κ1) is 19.1. The molecule has 0 unspecified atom stereocenters. The standard InChI is InChI=1S/C22H20N4O4/c1-29-19-6-3-12(8-20(19)30-2)13-7-15(24-11-13)10-17-16-9-14(25-22(23)28)4-5-18(16)26-21(17)27/h3-11,24H,1-2H3,(H,26,27)(H3,23,25,28). The number of hydrogen-bond donors (Lipinski definition) is 4. The summed E-state index contributed by atoms with van der Waals surface area (Å²) in [5, 5.41) is 5.34. The topological polar surface area (TPSA) is 118 Å². The van der Waals surface area contributed by atoms with Gasteiger partial charge in [-0.2, -0.15) is 0 Å². The van der Waals surface area contributed by atoms with Crippen molar-refractivity contribution in [2.45, 2.75) is 0 Å². The molecular weight excluding hydrogens is 384 g/mol. The number of nitrogens with two attached hydrogens (primary N) is 1. The molecule has 2 heterocycles. The van der Waals surface area contributed by atoms with E-state index in [9.17, 15) is 9.59 Å². The Balaban J connectivity index is 1.67. The largest absolute Gasteiger partial charge is 0.493 e. The van der Waals surface area contributed by atoms with Gasteiger partial charge in [0.2, 0.25) is 0 Å². The van der Waals surface area contributed by atoms with Crippen LogP contribution >= 0.6 is 0 Å². The van der Waals surface area contributed by atoms with Crippen molar-refractivity contribution in [1.82, 2.24) is 4.98 Å². The number of amides is 3. The van der Waals surface area contributed by atoms with Crippen LogP contribution in [0.3, 0.4) is 0 Å². The Bertz CT molecular complexity index is 1180. The molecule has 8 nitrogen and oxygen atoms in total. The quantitative estimate of drug-likeness (QED) is 0.485. The molecule has 8 heteroatoms. The van der Waals surface area contributed by atoms with E-state index in [1.807, 2.05) is 30.5 Å². The molecule has 0 saturated heterocycles. The van der Waals surface area contributed by atoms with Crippen LogP contribution in [0.4, 0.5) is 16.2 Å². The zero-order chi connectivity index (χ0) is 21.3. The molecule has 3 amide bonds. The van der Waals surface area contributed by atoms with Gasteiger partial charge in [0, 0.05) is 28.8 Å². The number of nitrogens with one attached hydrogen (secondary N) is 3. The highest BCUT2D eigenvalue weighted by molar-refractivity contribution is 6.35. The summed E-state index contributed by atoms with van der Waals surface area (Å²) in [7, 11) is 3.18. The molecule has 2 aromatic carbocycles. The SMILES string of the molecule is COc1ccc(-c2c[nH]c(C=C3C(=O)Nc4ccc(NC(N)=O)cc43)c2)cc1OC. The first-order chi connectivity index (χ1) is 14.5. The summed E-state index contributed by atoms with van der Waals surface area (Å²) in [4.78, 5) is 26.8. The van der Waals surface area contributed by atoms with Gasteiger partial charge in [-0.15, -0.1) is 0 Å². The maximum atomic E-state index is 12.5. The van der Waals surface area contributed by atoms with Crippen molar-refractivity contribution in [3.63, 3.8) is 0 Å². The Hall–Kier alpha value is -4.20. The summed E-state index contributed by atoms with van der Waals surface area (Å²) in [5.74, 6) is 1.07. The number of benzene rings is 2. The molecule has 0 spiro atoms. The third-order valence-corrected chi connectivity index (χ3v) is 4.79. The minimum absolute atomic E-state index is 0.219. The van der Waals surface area contributed by atoms with E-state index in [1.165, 1.54) is 0 Å². The number of fused-ring (bicyclic) bond motifs is 1. The van der Waals surface area contributed by atoms with Gasteiger partial charge in [0.05, 0.1) is 19.8 Å². The maximum Gasteiger partial charge on any atom is 0.316 e. The number of aromatic amines is 1. The predicted octanol–water partition coefficient (Wildman–Crippen LogP) is 3.68. The molecular formula is C22H20N4O4. The highest BCUT2D eigenvalue weighted by atomic mass is 16.5. The first-order valence-corrected chi connectivity index (χ1v) is 9.13. The zero-order valence-corrected chi connectivity index (χ0v) is 16.4. The predicted molar refractivity (Wildman–Crippen MR) is 115 cm³/mol. The molecule has 0 aliphatic carbocycles. The van der Waals surface area contributed by atoms with Crippen LogP contribution in [-0.2, 0) is 4.79 Å². The van der Waals surface area contributed by atoms with E-state index in [-0.39, 0.29) is 5.91 Å². The number of methoxy groups -OCH3 is 2. The minimum atomic E-state index is -0.665. The summed E-state index contributed by atoms with van der Waals surface area (Å²) in [5.41, 5.74) is 10.2. The van der Waals surface area contributed by atoms with Crippen molar-refractivity contribution in [3.05, 3.63) is 59.9 Å². The van der Waals surface area contributed by atoms with Crippen LogP contribution in [0.5, 0.6) is 11.5 Å². The molecule has 1 aliphatic rings. The summed E-state index contributed by atoms with van der Waals surface area (Å²) < 4.78 is 10.6. The van der Waals surface area contributed by atoms with Gasteiger partial charge in [-0.3, -0.25) is 4.79 Å². The van der Waals surface area contributed by atoms with Crippen LogP contribution in [0.1, 0.15) is 11.3 Å². The third kappa shape index (κ3) is 3.58. The molecule has 3 aromatic rings. The van der Waals surface area contributed by atoms with E-state index in [2.05, 4.69) is 15.6 Å². The monoisotopic (exact) mass is 404 g/mol. The lowest BCUT2D eigenvalue weighted by Gasteiger charge is -2.08. The van der Waals surface area contributed by atoms with Crippen molar-refractivity contribution >= 4 is 35.0 Å². The van der Waals surface area contributed by atoms with E-state index in [1.54, 1.807) is 38.5 Å². The Morgan fingerprint density at radius 1 is 1.03 bits per heavy atom. The number of primary amides is 1. The molecule has 0 fully saturated rings. The second-order valence-electron chi connectivity index (χ2n) is 6.68. The van der Waals surface area contributed by atoms with Crippen LogP contribution in [0.2, 0.25) is 0 Å². The zero-order valence-electron chi connectivity index (χ0n) is 16.4. The van der Waals surface area contributed by atoms with Gasteiger partial charge < -0.3 is 30.8 Å². The van der Waals surface area contributed by atoms with E-state index >= 15 is 0 Å². The second-order valence-corrected chi connectivity index (χ2v) is 6.68. The first-order valence-electron chi connectivity index (χ1n) is 9.13. The molecule has 1 aliphatic heterocycles. The third-order valence-electron chi connectivity index (χ3n) is 4.79. The van der Waals surface area contributed by atoms with Crippen LogP contribution < -0.4 is 25.8 Å². The van der Waals surface area contributed by atoms with E-state index in [0.29, 0.717) is 34.0 Å². The van der Waals surface area contributed by atoms with Crippen LogP contribution in [-0.4, -0.2) is 31.1 Å². The van der Waals surface area contributed by atoms with Gasteiger partial charge in [-0.25, -0.2) is 4.79 Å². The minimum Gasteiger partial charge on any atom is -0.493 e.